The zero-order chi connectivity index (χ0) is 18.7. The van der Waals surface area contributed by atoms with Crippen molar-refractivity contribution in [2.24, 2.45) is 0 Å². The number of benzene rings is 2. The fraction of sp³-hybridized carbons (Fsp3) is 0.167. The molecule has 0 radical (unpaired) electrons. The molecule has 0 amide bonds. The molecule has 0 saturated heterocycles. The van der Waals surface area contributed by atoms with Crippen LogP contribution in [-0.4, -0.2) is 28.6 Å². The molecule has 0 aliphatic rings. The van der Waals surface area contributed by atoms with Crippen molar-refractivity contribution in [2.75, 3.05) is 14.2 Å². The van der Waals surface area contributed by atoms with Crippen LogP contribution < -0.4 is 9.46 Å². The number of carbonyl (C=O) groups is 1. The van der Waals surface area contributed by atoms with Crippen LogP contribution in [0.25, 0.3) is 10.1 Å². The molecular formula is C18H17NO5S2. The molecule has 0 fully saturated rings. The number of hydrogen-bond acceptors (Lipinski definition) is 6. The molecule has 0 unspecified atom stereocenters. The second-order valence-corrected chi connectivity index (χ2v) is 8.14. The molecule has 26 heavy (non-hydrogen) atoms. The van der Waals surface area contributed by atoms with Crippen LogP contribution in [0.1, 0.15) is 15.2 Å². The predicted octanol–water partition coefficient (Wildman–Crippen LogP) is 3.18. The Morgan fingerprint density at radius 1 is 1.08 bits per heavy atom. The molecule has 136 valence electrons. The zero-order valence-corrected chi connectivity index (χ0v) is 15.8. The van der Waals surface area contributed by atoms with Gasteiger partial charge in [0.2, 0.25) is 10.0 Å². The number of thiophene rings is 1. The lowest BCUT2D eigenvalue weighted by molar-refractivity contribution is 0.0602. The standard InChI is InChI=1S/C18H17NO5S2/c1-23-14-9-5-3-7-12(14)11-19-26(21,22)17-13-8-4-6-10-15(13)25-16(17)18(20)24-2/h3-10,19H,11H2,1-2H3. The highest BCUT2D eigenvalue weighted by Crippen LogP contribution is 2.35. The number of rotatable bonds is 6. The molecule has 8 heteroatoms. The van der Waals surface area contributed by atoms with Crippen molar-refractivity contribution < 1.29 is 22.7 Å². The summed E-state index contributed by atoms with van der Waals surface area (Å²) in [6, 6.07) is 14.1. The third-order valence-corrected chi connectivity index (χ3v) is 6.60. The van der Waals surface area contributed by atoms with Gasteiger partial charge in [-0.1, -0.05) is 36.4 Å². The van der Waals surface area contributed by atoms with E-state index in [1.165, 1.54) is 14.2 Å². The monoisotopic (exact) mass is 391 g/mol. The number of esters is 1. The lowest BCUT2D eigenvalue weighted by atomic mass is 10.2. The lowest BCUT2D eigenvalue weighted by Gasteiger charge is -2.11. The van der Waals surface area contributed by atoms with Gasteiger partial charge in [-0.05, 0) is 12.1 Å². The Labute approximate surface area is 155 Å². The number of ether oxygens (including phenoxy) is 2. The van der Waals surface area contributed by atoms with E-state index in [1.807, 2.05) is 0 Å². The van der Waals surface area contributed by atoms with Crippen molar-refractivity contribution in [1.29, 1.82) is 0 Å². The maximum atomic E-state index is 13.0. The van der Waals surface area contributed by atoms with Crippen molar-refractivity contribution in [3.63, 3.8) is 0 Å². The van der Waals surface area contributed by atoms with E-state index in [2.05, 4.69) is 4.72 Å². The molecule has 0 aliphatic carbocycles. The summed E-state index contributed by atoms with van der Waals surface area (Å²) < 4.78 is 39.2. The summed E-state index contributed by atoms with van der Waals surface area (Å²) in [6.45, 7) is 0.0388. The molecular weight excluding hydrogens is 374 g/mol. The maximum absolute atomic E-state index is 13.0. The molecule has 0 aliphatic heterocycles. The van der Waals surface area contributed by atoms with E-state index in [1.54, 1.807) is 48.5 Å². The van der Waals surface area contributed by atoms with E-state index in [0.717, 1.165) is 11.3 Å². The van der Waals surface area contributed by atoms with Crippen molar-refractivity contribution in [3.05, 3.63) is 59.0 Å². The van der Waals surface area contributed by atoms with Crippen LogP contribution in [-0.2, 0) is 21.3 Å². The van der Waals surface area contributed by atoms with Gasteiger partial charge in [-0.3, -0.25) is 0 Å². The van der Waals surface area contributed by atoms with E-state index in [-0.39, 0.29) is 16.3 Å². The van der Waals surface area contributed by atoms with Gasteiger partial charge in [-0.25, -0.2) is 17.9 Å². The van der Waals surface area contributed by atoms with Gasteiger partial charge in [-0.2, -0.15) is 0 Å². The Morgan fingerprint density at radius 3 is 2.50 bits per heavy atom. The molecule has 1 N–H and O–H groups in total. The minimum absolute atomic E-state index is 0.0388. The Hall–Kier alpha value is -2.42. The number of hydrogen-bond donors (Lipinski definition) is 1. The summed E-state index contributed by atoms with van der Waals surface area (Å²) >= 11 is 1.09. The summed E-state index contributed by atoms with van der Waals surface area (Å²) in [4.78, 5) is 12.1. The summed E-state index contributed by atoms with van der Waals surface area (Å²) in [5.74, 6) is -0.0950. The van der Waals surface area contributed by atoms with Crippen LogP contribution in [0.2, 0.25) is 0 Å². The number of sulfonamides is 1. The molecule has 3 rings (SSSR count). The normalized spacial score (nSPS) is 11.5. The summed E-state index contributed by atoms with van der Waals surface area (Å²) in [6.07, 6.45) is 0. The SMILES string of the molecule is COC(=O)c1sc2ccccc2c1S(=O)(=O)NCc1ccccc1OC. The fourth-order valence-corrected chi connectivity index (χ4v) is 5.43. The zero-order valence-electron chi connectivity index (χ0n) is 14.2. The van der Waals surface area contributed by atoms with Gasteiger partial charge in [0.15, 0.2) is 0 Å². The summed E-state index contributed by atoms with van der Waals surface area (Å²) in [7, 11) is -1.20. The molecule has 0 bridgehead atoms. The fourth-order valence-electron chi connectivity index (χ4n) is 2.61. The molecule has 0 saturated carbocycles. The lowest BCUT2D eigenvalue weighted by Crippen LogP contribution is -2.25. The van der Waals surface area contributed by atoms with Gasteiger partial charge in [0.1, 0.15) is 15.5 Å². The van der Waals surface area contributed by atoms with Gasteiger partial charge in [-0.15, -0.1) is 11.3 Å². The number of nitrogens with one attached hydrogen (secondary N) is 1. The molecule has 1 heterocycles. The average molecular weight is 391 g/mol. The summed E-state index contributed by atoms with van der Waals surface area (Å²) in [5, 5.41) is 0.491. The minimum atomic E-state index is -3.95. The highest BCUT2D eigenvalue weighted by molar-refractivity contribution is 7.90. The Balaban J connectivity index is 2.02. The molecule has 6 nitrogen and oxygen atoms in total. The molecule has 1 aromatic heterocycles. The molecule has 0 atom stereocenters. The number of para-hydroxylation sites is 1. The topological polar surface area (TPSA) is 81.7 Å². The smallest absolute Gasteiger partial charge is 0.349 e. The predicted molar refractivity (Wildman–Crippen MR) is 100 cm³/mol. The Morgan fingerprint density at radius 2 is 1.77 bits per heavy atom. The molecule has 3 aromatic rings. The van der Waals surface area contributed by atoms with Gasteiger partial charge in [0, 0.05) is 22.2 Å². The molecule has 0 spiro atoms. The van der Waals surface area contributed by atoms with Crippen molar-refractivity contribution in [3.8, 4) is 5.75 Å². The van der Waals surface area contributed by atoms with Crippen LogP contribution in [0.4, 0.5) is 0 Å². The Bertz CT molecular complexity index is 1060. The third kappa shape index (κ3) is 3.44. The number of fused-ring (bicyclic) bond motifs is 1. The van der Waals surface area contributed by atoms with Crippen LogP contribution in [0.15, 0.2) is 53.4 Å². The first-order chi connectivity index (χ1) is 12.5. The van der Waals surface area contributed by atoms with Crippen molar-refractivity contribution in [2.45, 2.75) is 11.4 Å². The van der Waals surface area contributed by atoms with E-state index in [4.69, 9.17) is 9.47 Å². The van der Waals surface area contributed by atoms with Crippen LogP contribution in [0.5, 0.6) is 5.75 Å². The summed E-state index contributed by atoms with van der Waals surface area (Å²) in [5.41, 5.74) is 0.692. The highest BCUT2D eigenvalue weighted by atomic mass is 32.2. The van der Waals surface area contributed by atoms with Crippen molar-refractivity contribution in [1.82, 2.24) is 4.72 Å². The highest BCUT2D eigenvalue weighted by Gasteiger charge is 2.28. The van der Waals surface area contributed by atoms with E-state index < -0.39 is 16.0 Å². The largest absolute Gasteiger partial charge is 0.496 e. The number of methoxy groups -OCH3 is 2. The Kier molecular flexibility index (Phi) is 5.26. The van der Waals surface area contributed by atoms with Crippen LogP contribution in [0, 0.1) is 0 Å². The van der Waals surface area contributed by atoms with E-state index in [9.17, 15) is 13.2 Å². The number of carbonyl (C=O) groups excluding carboxylic acids is 1. The van der Waals surface area contributed by atoms with Crippen molar-refractivity contribution >= 4 is 37.4 Å². The second kappa shape index (κ2) is 7.45. The van der Waals surface area contributed by atoms with Gasteiger partial charge >= 0.3 is 5.97 Å². The van der Waals surface area contributed by atoms with Crippen LogP contribution in [0.3, 0.4) is 0 Å². The first kappa shape index (κ1) is 18.4. The average Bonchev–Trinajstić information content (AvgIpc) is 3.06. The van der Waals surface area contributed by atoms with E-state index >= 15 is 0 Å². The minimum Gasteiger partial charge on any atom is -0.496 e. The second-order valence-electron chi connectivity index (χ2n) is 5.38. The van der Waals surface area contributed by atoms with Gasteiger partial charge < -0.3 is 9.47 Å². The first-order valence-corrected chi connectivity index (χ1v) is 9.99. The quantitative estimate of drug-likeness (QED) is 0.653. The maximum Gasteiger partial charge on any atom is 0.349 e. The molecule has 2 aromatic carbocycles. The van der Waals surface area contributed by atoms with E-state index in [0.29, 0.717) is 21.4 Å². The van der Waals surface area contributed by atoms with Gasteiger partial charge in [0.25, 0.3) is 0 Å². The van der Waals surface area contributed by atoms with Gasteiger partial charge in [0.05, 0.1) is 14.2 Å². The van der Waals surface area contributed by atoms with Crippen LogP contribution >= 0.6 is 11.3 Å². The first-order valence-electron chi connectivity index (χ1n) is 7.69. The third-order valence-electron chi connectivity index (χ3n) is 3.83.